The number of hydrogen-bond donors (Lipinski definition) is 0. The zero-order valence-electron chi connectivity index (χ0n) is 15.1. The van der Waals surface area contributed by atoms with Gasteiger partial charge in [-0.25, -0.2) is 9.59 Å². The van der Waals surface area contributed by atoms with E-state index in [2.05, 4.69) is 37.3 Å². The highest BCUT2D eigenvalue weighted by Gasteiger charge is 2.08. The standard InChI is InChI=1S/C14H15NO4.C7H8/c1-10(2)13(16)18-8-9-19-14(17)11-4-6-12(15-3)7-5-11;1-7-5-3-2-4-6-7/h4-7H,1,3,8-9H2,2H3;2-6H,1H3. The van der Waals surface area contributed by atoms with Gasteiger partial charge in [0.05, 0.1) is 11.3 Å². The van der Waals surface area contributed by atoms with E-state index in [9.17, 15) is 9.59 Å². The number of nitrogens with zero attached hydrogens (tertiary/aromatic N) is 1. The lowest BCUT2D eigenvalue weighted by Gasteiger charge is -2.06. The molecule has 136 valence electrons. The Morgan fingerprint density at radius 3 is 2.00 bits per heavy atom. The van der Waals surface area contributed by atoms with E-state index in [4.69, 9.17) is 9.47 Å². The largest absolute Gasteiger partial charge is 0.459 e. The summed E-state index contributed by atoms with van der Waals surface area (Å²) in [7, 11) is 0. The van der Waals surface area contributed by atoms with Gasteiger partial charge in [-0.2, -0.15) is 0 Å². The number of aliphatic imine (C=N–C) groups is 1. The SMILES string of the molecule is C=Nc1ccc(C(=O)OCCOC(=O)C(=C)C)cc1.Cc1ccccc1. The van der Waals surface area contributed by atoms with Crippen molar-refractivity contribution in [2.24, 2.45) is 4.99 Å². The maximum Gasteiger partial charge on any atom is 0.338 e. The van der Waals surface area contributed by atoms with Crippen molar-refractivity contribution in [2.75, 3.05) is 13.2 Å². The highest BCUT2D eigenvalue weighted by Crippen LogP contribution is 2.12. The maximum atomic E-state index is 11.6. The van der Waals surface area contributed by atoms with Gasteiger partial charge < -0.3 is 9.47 Å². The first kappa shape index (κ1) is 20.8. The Hall–Kier alpha value is -3.21. The summed E-state index contributed by atoms with van der Waals surface area (Å²) >= 11 is 0. The highest BCUT2D eigenvalue weighted by atomic mass is 16.6. The Balaban J connectivity index is 0.000000401. The molecule has 0 saturated carbocycles. The second kappa shape index (κ2) is 11.4. The van der Waals surface area contributed by atoms with E-state index >= 15 is 0 Å². The van der Waals surface area contributed by atoms with E-state index in [0.717, 1.165) is 0 Å². The van der Waals surface area contributed by atoms with Crippen molar-refractivity contribution in [3.05, 3.63) is 77.9 Å². The summed E-state index contributed by atoms with van der Waals surface area (Å²) in [5, 5.41) is 0. The molecular formula is C21H23NO4. The van der Waals surface area contributed by atoms with Crippen LogP contribution in [0, 0.1) is 6.92 Å². The lowest BCUT2D eigenvalue weighted by atomic mass is 10.2. The molecule has 2 rings (SSSR count). The number of hydrogen-bond acceptors (Lipinski definition) is 5. The molecule has 0 atom stereocenters. The summed E-state index contributed by atoms with van der Waals surface area (Å²) in [6, 6.07) is 16.8. The normalized spacial score (nSPS) is 9.31. The van der Waals surface area contributed by atoms with Gasteiger partial charge in [0.25, 0.3) is 0 Å². The molecule has 0 N–H and O–H groups in total. The number of ether oxygens (including phenoxy) is 2. The Morgan fingerprint density at radius 2 is 1.54 bits per heavy atom. The monoisotopic (exact) mass is 353 g/mol. The van der Waals surface area contributed by atoms with Crippen LogP contribution in [-0.2, 0) is 14.3 Å². The van der Waals surface area contributed by atoms with Crippen LogP contribution in [0.4, 0.5) is 5.69 Å². The first-order valence-corrected chi connectivity index (χ1v) is 8.02. The third-order valence-electron chi connectivity index (χ3n) is 3.12. The Kier molecular flexibility index (Phi) is 9.10. The molecule has 2 aromatic carbocycles. The molecular weight excluding hydrogens is 330 g/mol. The van der Waals surface area contributed by atoms with Gasteiger partial charge in [0.15, 0.2) is 0 Å². The van der Waals surface area contributed by atoms with Crippen molar-refractivity contribution in [1.29, 1.82) is 0 Å². The predicted octanol–water partition coefficient (Wildman–Crippen LogP) is 4.29. The molecule has 0 saturated heterocycles. The number of esters is 2. The molecule has 0 aliphatic heterocycles. The van der Waals surface area contributed by atoms with Crippen LogP contribution in [0.5, 0.6) is 0 Å². The molecule has 0 aliphatic rings. The molecule has 0 amide bonds. The second-order valence-electron chi connectivity index (χ2n) is 5.41. The smallest absolute Gasteiger partial charge is 0.338 e. The summed E-state index contributed by atoms with van der Waals surface area (Å²) in [6.45, 7) is 10.4. The fourth-order valence-electron chi connectivity index (χ4n) is 1.71. The Labute approximate surface area is 154 Å². The maximum absolute atomic E-state index is 11.6. The molecule has 5 heteroatoms. The minimum Gasteiger partial charge on any atom is -0.459 e. The van der Waals surface area contributed by atoms with Gasteiger partial charge in [-0.05, 0) is 44.8 Å². The fourth-order valence-corrected chi connectivity index (χ4v) is 1.71. The van der Waals surface area contributed by atoms with Gasteiger partial charge in [0, 0.05) is 5.57 Å². The molecule has 26 heavy (non-hydrogen) atoms. The van der Waals surface area contributed by atoms with Crippen LogP contribution in [0.2, 0.25) is 0 Å². The molecule has 0 heterocycles. The lowest BCUT2D eigenvalue weighted by Crippen LogP contribution is -2.14. The van der Waals surface area contributed by atoms with E-state index in [1.54, 1.807) is 31.2 Å². The molecule has 2 aromatic rings. The third-order valence-corrected chi connectivity index (χ3v) is 3.12. The van der Waals surface area contributed by atoms with Crippen molar-refractivity contribution in [1.82, 2.24) is 0 Å². The average Bonchev–Trinajstić information content (AvgIpc) is 2.66. The van der Waals surface area contributed by atoms with E-state index in [-0.39, 0.29) is 13.2 Å². The average molecular weight is 353 g/mol. The fraction of sp³-hybridized carbons (Fsp3) is 0.190. The quantitative estimate of drug-likeness (QED) is 0.336. The van der Waals surface area contributed by atoms with E-state index in [0.29, 0.717) is 16.8 Å². The number of carbonyl (C=O) groups is 2. The minimum atomic E-state index is -0.502. The third kappa shape index (κ3) is 8.06. The number of aryl methyl sites for hydroxylation is 1. The van der Waals surface area contributed by atoms with Gasteiger partial charge >= 0.3 is 11.9 Å². The minimum absolute atomic E-state index is 0.000681. The topological polar surface area (TPSA) is 65.0 Å². The molecule has 0 unspecified atom stereocenters. The van der Waals surface area contributed by atoms with Crippen molar-refractivity contribution in [3.63, 3.8) is 0 Å². The van der Waals surface area contributed by atoms with Crippen LogP contribution in [0.3, 0.4) is 0 Å². The van der Waals surface area contributed by atoms with Crippen molar-refractivity contribution in [3.8, 4) is 0 Å². The molecule has 0 radical (unpaired) electrons. The van der Waals surface area contributed by atoms with Crippen LogP contribution in [0.25, 0.3) is 0 Å². The zero-order valence-corrected chi connectivity index (χ0v) is 15.1. The van der Waals surface area contributed by atoms with Gasteiger partial charge in [0.2, 0.25) is 0 Å². The molecule has 0 aromatic heterocycles. The van der Waals surface area contributed by atoms with Gasteiger partial charge in [-0.15, -0.1) is 0 Å². The first-order valence-electron chi connectivity index (χ1n) is 8.02. The molecule has 0 bridgehead atoms. The number of rotatable bonds is 6. The second-order valence-corrected chi connectivity index (χ2v) is 5.41. The Morgan fingerprint density at radius 1 is 0.962 bits per heavy atom. The number of carbonyl (C=O) groups excluding carboxylic acids is 2. The van der Waals surface area contributed by atoms with Crippen LogP contribution < -0.4 is 0 Å². The highest BCUT2D eigenvalue weighted by molar-refractivity contribution is 5.89. The summed E-state index contributed by atoms with van der Waals surface area (Å²) < 4.78 is 9.73. The van der Waals surface area contributed by atoms with Crippen molar-refractivity contribution in [2.45, 2.75) is 13.8 Å². The lowest BCUT2D eigenvalue weighted by molar-refractivity contribution is -0.140. The van der Waals surface area contributed by atoms with Crippen LogP contribution in [0.15, 0.2) is 71.7 Å². The van der Waals surface area contributed by atoms with Gasteiger partial charge in [-0.3, -0.25) is 4.99 Å². The van der Waals surface area contributed by atoms with Gasteiger partial charge in [0.1, 0.15) is 13.2 Å². The van der Waals surface area contributed by atoms with Gasteiger partial charge in [-0.1, -0.05) is 42.5 Å². The van der Waals surface area contributed by atoms with Crippen molar-refractivity contribution < 1.29 is 19.1 Å². The zero-order chi connectivity index (χ0) is 19.4. The van der Waals surface area contributed by atoms with E-state index in [1.165, 1.54) is 5.56 Å². The van der Waals surface area contributed by atoms with Crippen molar-refractivity contribution >= 4 is 24.3 Å². The van der Waals surface area contributed by atoms with Crippen LogP contribution in [0.1, 0.15) is 22.8 Å². The summed E-state index contributed by atoms with van der Waals surface area (Å²) in [5.41, 5.74) is 2.70. The summed E-state index contributed by atoms with van der Waals surface area (Å²) in [6.07, 6.45) is 0. The first-order chi connectivity index (χ1) is 12.4. The summed E-state index contributed by atoms with van der Waals surface area (Å²) in [5.74, 6) is -0.987. The molecule has 0 aliphatic carbocycles. The molecule has 0 fully saturated rings. The van der Waals surface area contributed by atoms with Crippen LogP contribution in [-0.4, -0.2) is 31.9 Å². The predicted molar refractivity (Wildman–Crippen MR) is 103 cm³/mol. The summed E-state index contributed by atoms with van der Waals surface area (Å²) in [4.78, 5) is 26.4. The molecule has 0 spiro atoms. The molecule has 5 nitrogen and oxygen atoms in total. The van der Waals surface area contributed by atoms with E-state index in [1.807, 2.05) is 18.2 Å². The number of benzene rings is 2. The van der Waals surface area contributed by atoms with E-state index < -0.39 is 11.9 Å². The Bertz CT molecular complexity index is 736. The van der Waals surface area contributed by atoms with Crippen LogP contribution >= 0.6 is 0 Å².